The third-order valence-corrected chi connectivity index (χ3v) is 2.41. The molecule has 0 spiro atoms. The summed E-state index contributed by atoms with van der Waals surface area (Å²) in [7, 11) is 1.44. The van der Waals surface area contributed by atoms with Crippen molar-refractivity contribution in [3.63, 3.8) is 0 Å². The summed E-state index contributed by atoms with van der Waals surface area (Å²) in [6, 6.07) is 3.92. The highest BCUT2D eigenvalue weighted by molar-refractivity contribution is 5.72. The Balaban J connectivity index is 2.65. The lowest BCUT2D eigenvalue weighted by molar-refractivity contribution is -0.146. The molecule has 1 unspecified atom stereocenters. The Morgan fingerprint density at radius 2 is 2.29 bits per heavy atom. The van der Waals surface area contributed by atoms with Crippen LogP contribution in [0.25, 0.3) is 0 Å². The number of carbonyl (C=O) groups is 1. The van der Waals surface area contributed by atoms with Crippen LogP contribution in [0, 0.1) is 11.8 Å². The van der Waals surface area contributed by atoms with Crippen LogP contribution < -0.4 is 0 Å². The van der Waals surface area contributed by atoms with Gasteiger partial charge in [-0.3, -0.25) is 4.79 Å². The van der Waals surface area contributed by atoms with Gasteiger partial charge in [0.1, 0.15) is 0 Å². The van der Waals surface area contributed by atoms with Gasteiger partial charge in [-0.05, 0) is 18.1 Å². The Bertz CT molecular complexity index is 277. The zero-order chi connectivity index (χ0) is 10.6. The average Bonchev–Trinajstić information content (AvgIpc) is 2.65. The Morgan fingerprint density at radius 1 is 1.57 bits per heavy atom. The van der Waals surface area contributed by atoms with Crippen molar-refractivity contribution >= 4 is 5.97 Å². The summed E-state index contributed by atoms with van der Waals surface area (Å²) in [5.41, 5.74) is 1.08. The van der Waals surface area contributed by atoms with E-state index in [2.05, 4.69) is 4.98 Å². The Hall–Kier alpha value is -1.25. The summed E-state index contributed by atoms with van der Waals surface area (Å²) in [5, 5.41) is 0. The van der Waals surface area contributed by atoms with Gasteiger partial charge in [-0.1, -0.05) is 13.8 Å². The van der Waals surface area contributed by atoms with E-state index in [0.29, 0.717) is 5.92 Å². The molecule has 0 fully saturated rings. The first-order valence-electron chi connectivity index (χ1n) is 4.85. The van der Waals surface area contributed by atoms with E-state index < -0.39 is 0 Å². The first-order valence-corrected chi connectivity index (χ1v) is 4.85. The fraction of sp³-hybridized carbons (Fsp3) is 0.545. The number of hydrogen-bond acceptors (Lipinski definition) is 2. The van der Waals surface area contributed by atoms with E-state index in [1.807, 2.05) is 32.2 Å². The third-order valence-electron chi connectivity index (χ3n) is 2.41. The van der Waals surface area contributed by atoms with Crippen LogP contribution in [0.15, 0.2) is 18.3 Å². The van der Waals surface area contributed by atoms with E-state index in [0.717, 1.165) is 12.1 Å². The molecule has 78 valence electrons. The highest BCUT2D eigenvalue weighted by Crippen LogP contribution is 2.17. The number of hydrogen-bond donors (Lipinski definition) is 1. The van der Waals surface area contributed by atoms with Crippen molar-refractivity contribution < 1.29 is 9.53 Å². The van der Waals surface area contributed by atoms with Gasteiger partial charge in [0.2, 0.25) is 0 Å². The maximum atomic E-state index is 11.4. The summed E-state index contributed by atoms with van der Waals surface area (Å²) in [5.74, 6) is 0.110. The van der Waals surface area contributed by atoms with E-state index in [9.17, 15) is 4.79 Å². The Kier molecular flexibility index (Phi) is 3.74. The van der Waals surface area contributed by atoms with Gasteiger partial charge in [0.15, 0.2) is 0 Å². The van der Waals surface area contributed by atoms with Crippen LogP contribution in [0.1, 0.15) is 19.5 Å². The number of ether oxygens (including phenoxy) is 1. The van der Waals surface area contributed by atoms with Gasteiger partial charge >= 0.3 is 5.97 Å². The number of nitrogens with one attached hydrogen (secondary N) is 1. The maximum Gasteiger partial charge on any atom is 0.309 e. The SMILES string of the molecule is COC(=O)C(Cc1ccc[nH]1)C(C)C. The molecule has 0 saturated carbocycles. The smallest absolute Gasteiger partial charge is 0.309 e. The summed E-state index contributed by atoms with van der Waals surface area (Å²) in [4.78, 5) is 14.5. The number of aromatic amines is 1. The largest absolute Gasteiger partial charge is 0.469 e. The second-order valence-corrected chi connectivity index (χ2v) is 3.77. The first-order chi connectivity index (χ1) is 6.65. The van der Waals surface area contributed by atoms with Crippen LogP contribution in [-0.4, -0.2) is 18.1 Å². The van der Waals surface area contributed by atoms with Crippen LogP contribution in [0.5, 0.6) is 0 Å². The van der Waals surface area contributed by atoms with E-state index in [4.69, 9.17) is 4.74 Å². The van der Waals surface area contributed by atoms with Gasteiger partial charge in [0.25, 0.3) is 0 Å². The van der Waals surface area contributed by atoms with E-state index >= 15 is 0 Å². The lowest BCUT2D eigenvalue weighted by atomic mass is 9.91. The minimum Gasteiger partial charge on any atom is -0.469 e. The molecule has 0 saturated heterocycles. The number of methoxy groups -OCH3 is 1. The van der Waals surface area contributed by atoms with Gasteiger partial charge < -0.3 is 9.72 Å². The predicted molar refractivity (Wildman–Crippen MR) is 54.8 cm³/mol. The molecule has 0 aliphatic carbocycles. The van der Waals surface area contributed by atoms with Gasteiger partial charge in [-0.15, -0.1) is 0 Å². The molecular weight excluding hydrogens is 178 g/mol. The topological polar surface area (TPSA) is 42.1 Å². The molecule has 1 heterocycles. The Morgan fingerprint density at radius 3 is 2.71 bits per heavy atom. The van der Waals surface area contributed by atoms with Crippen LogP contribution in [0.2, 0.25) is 0 Å². The third kappa shape index (κ3) is 2.62. The minimum absolute atomic E-state index is 0.0568. The molecule has 1 atom stereocenters. The van der Waals surface area contributed by atoms with Gasteiger partial charge in [-0.25, -0.2) is 0 Å². The highest BCUT2D eigenvalue weighted by atomic mass is 16.5. The van der Waals surface area contributed by atoms with Crippen molar-refractivity contribution in [2.24, 2.45) is 11.8 Å². The second kappa shape index (κ2) is 4.84. The standard InChI is InChI=1S/C11H17NO2/c1-8(2)10(11(13)14-3)7-9-5-4-6-12-9/h4-6,8,10,12H,7H2,1-3H3. The highest BCUT2D eigenvalue weighted by Gasteiger charge is 2.23. The molecule has 0 aromatic carbocycles. The molecular formula is C11H17NO2. The van der Waals surface area contributed by atoms with Crippen molar-refractivity contribution in [2.45, 2.75) is 20.3 Å². The van der Waals surface area contributed by atoms with Gasteiger partial charge in [-0.2, -0.15) is 0 Å². The zero-order valence-electron chi connectivity index (χ0n) is 8.91. The average molecular weight is 195 g/mol. The molecule has 14 heavy (non-hydrogen) atoms. The summed E-state index contributed by atoms with van der Waals surface area (Å²) in [6.45, 7) is 4.06. The van der Waals surface area contributed by atoms with Crippen LogP contribution in [0.3, 0.4) is 0 Å². The number of carbonyl (C=O) groups excluding carboxylic acids is 1. The molecule has 0 aliphatic heterocycles. The van der Waals surface area contributed by atoms with E-state index in [1.165, 1.54) is 7.11 Å². The molecule has 0 radical (unpaired) electrons. The molecule has 1 aromatic heterocycles. The molecule has 1 rings (SSSR count). The molecule has 3 heteroatoms. The molecule has 0 bridgehead atoms. The van der Waals surface area contributed by atoms with Gasteiger partial charge in [0.05, 0.1) is 13.0 Å². The Labute approximate surface area is 84.5 Å². The number of rotatable bonds is 4. The minimum atomic E-state index is -0.130. The van der Waals surface area contributed by atoms with Crippen molar-refractivity contribution in [3.8, 4) is 0 Å². The molecule has 3 nitrogen and oxygen atoms in total. The molecule has 0 aliphatic rings. The lowest BCUT2D eigenvalue weighted by Gasteiger charge is -2.17. The molecule has 1 N–H and O–H groups in total. The van der Waals surface area contributed by atoms with Crippen LogP contribution >= 0.6 is 0 Å². The van der Waals surface area contributed by atoms with Crippen LogP contribution in [0.4, 0.5) is 0 Å². The normalized spacial score (nSPS) is 12.9. The maximum absolute atomic E-state index is 11.4. The number of aromatic nitrogens is 1. The summed E-state index contributed by atoms with van der Waals surface area (Å²) >= 11 is 0. The fourth-order valence-electron chi connectivity index (χ4n) is 1.47. The van der Waals surface area contributed by atoms with Crippen molar-refractivity contribution in [3.05, 3.63) is 24.0 Å². The van der Waals surface area contributed by atoms with E-state index in [1.54, 1.807) is 0 Å². The number of H-pyrrole nitrogens is 1. The fourth-order valence-corrected chi connectivity index (χ4v) is 1.47. The summed E-state index contributed by atoms with van der Waals surface area (Å²) in [6.07, 6.45) is 2.58. The monoisotopic (exact) mass is 195 g/mol. The number of esters is 1. The zero-order valence-corrected chi connectivity index (χ0v) is 8.91. The van der Waals surface area contributed by atoms with E-state index in [-0.39, 0.29) is 11.9 Å². The van der Waals surface area contributed by atoms with Crippen molar-refractivity contribution in [1.29, 1.82) is 0 Å². The first kappa shape index (κ1) is 10.8. The van der Waals surface area contributed by atoms with Crippen molar-refractivity contribution in [1.82, 2.24) is 4.98 Å². The quantitative estimate of drug-likeness (QED) is 0.747. The predicted octanol–water partition coefficient (Wildman–Crippen LogP) is 2.00. The second-order valence-electron chi connectivity index (χ2n) is 3.77. The van der Waals surface area contributed by atoms with Crippen molar-refractivity contribution in [2.75, 3.05) is 7.11 Å². The summed E-state index contributed by atoms with van der Waals surface area (Å²) < 4.78 is 4.77. The lowest BCUT2D eigenvalue weighted by Crippen LogP contribution is -2.24. The molecule has 0 amide bonds. The van der Waals surface area contributed by atoms with Crippen LogP contribution in [-0.2, 0) is 16.0 Å². The molecule has 1 aromatic rings. The van der Waals surface area contributed by atoms with Gasteiger partial charge in [0, 0.05) is 18.3 Å².